The molecular formula is C24H26BrN3O3. The maximum absolute atomic E-state index is 12.0. The lowest BCUT2D eigenvalue weighted by Crippen LogP contribution is -2.28. The van der Waals surface area contributed by atoms with Gasteiger partial charge >= 0.3 is 0 Å². The smallest absolute Gasteiger partial charge is 0.251 e. The van der Waals surface area contributed by atoms with Crippen molar-refractivity contribution in [1.29, 1.82) is 0 Å². The van der Waals surface area contributed by atoms with Gasteiger partial charge < -0.3 is 15.5 Å². The quantitative estimate of drug-likeness (QED) is 0.269. The van der Waals surface area contributed by atoms with Gasteiger partial charge in [0.25, 0.3) is 5.56 Å². The maximum atomic E-state index is 12.0. The summed E-state index contributed by atoms with van der Waals surface area (Å²) in [7, 11) is 0. The third-order valence-corrected chi connectivity index (χ3v) is 6.08. The second-order valence-electron chi connectivity index (χ2n) is 8.03. The van der Waals surface area contributed by atoms with Gasteiger partial charge in [-0.3, -0.25) is 9.59 Å². The molecule has 3 rings (SSSR count). The fraction of sp³-hybridized carbons (Fsp3) is 0.292. The lowest BCUT2D eigenvalue weighted by molar-refractivity contribution is -0.118. The van der Waals surface area contributed by atoms with E-state index in [1.807, 2.05) is 12.1 Å². The van der Waals surface area contributed by atoms with Crippen LogP contribution in [0.1, 0.15) is 42.4 Å². The summed E-state index contributed by atoms with van der Waals surface area (Å²) < 4.78 is 1.15. The molecule has 7 heteroatoms. The van der Waals surface area contributed by atoms with E-state index in [-0.39, 0.29) is 22.3 Å². The number of primary amides is 1. The van der Waals surface area contributed by atoms with E-state index in [1.54, 1.807) is 6.07 Å². The first-order chi connectivity index (χ1) is 14.7. The molecule has 0 saturated carbocycles. The Labute approximate surface area is 189 Å². The Balaban J connectivity index is 2.00. The SMILES string of the molecule is Cc1ccccc1C(C/C(=N\O)c1ccc(=O)n(CC(N)=O)c1)C1=CCC(C)(Br)C=C1. The number of aromatic nitrogens is 1. The molecule has 1 aliphatic rings. The van der Waals surface area contributed by atoms with Gasteiger partial charge in [0, 0.05) is 34.5 Å². The van der Waals surface area contributed by atoms with Gasteiger partial charge in [-0.25, -0.2) is 0 Å². The summed E-state index contributed by atoms with van der Waals surface area (Å²) in [6, 6.07) is 11.1. The number of carbonyl (C=O) groups is 1. The van der Waals surface area contributed by atoms with Crippen molar-refractivity contribution in [1.82, 2.24) is 4.57 Å². The summed E-state index contributed by atoms with van der Waals surface area (Å²) in [6.07, 6.45) is 9.23. The molecule has 0 spiro atoms. The summed E-state index contributed by atoms with van der Waals surface area (Å²) in [5.41, 5.74) is 9.31. The van der Waals surface area contributed by atoms with Gasteiger partial charge in [-0.05, 0) is 43.0 Å². The van der Waals surface area contributed by atoms with E-state index in [0.29, 0.717) is 17.7 Å². The monoisotopic (exact) mass is 483 g/mol. The van der Waals surface area contributed by atoms with Crippen molar-refractivity contribution in [2.75, 3.05) is 0 Å². The fourth-order valence-corrected chi connectivity index (χ4v) is 4.06. The van der Waals surface area contributed by atoms with E-state index in [1.165, 1.54) is 16.8 Å². The highest BCUT2D eigenvalue weighted by Gasteiger charge is 2.25. The number of nitrogens with two attached hydrogens (primary N) is 1. The van der Waals surface area contributed by atoms with Crippen LogP contribution in [-0.4, -0.2) is 25.7 Å². The van der Waals surface area contributed by atoms with Gasteiger partial charge in [-0.15, -0.1) is 0 Å². The second kappa shape index (κ2) is 9.47. The molecule has 0 radical (unpaired) electrons. The molecule has 1 amide bonds. The van der Waals surface area contributed by atoms with Crippen molar-refractivity contribution in [3.8, 4) is 0 Å². The number of pyridine rings is 1. The normalized spacial score (nSPS) is 19.7. The maximum Gasteiger partial charge on any atom is 0.251 e. The highest BCUT2D eigenvalue weighted by molar-refractivity contribution is 9.10. The Bertz CT molecular complexity index is 1130. The van der Waals surface area contributed by atoms with E-state index in [0.717, 1.165) is 23.1 Å². The highest BCUT2D eigenvalue weighted by Crippen LogP contribution is 2.38. The standard InChI is InChI=1S/C24H26BrN3O3/c1-16-5-3-4-6-19(16)20(17-9-11-24(2,25)12-10-17)13-21(27-31)18-7-8-23(30)28(14-18)15-22(26)29/h3-11,14,20,31H,12-13,15H2,1-2H3,(H2,26,29)/b27-21+. The Kier molecular flexibility index (Phi) is 6.95. The van der Waals surface area contributed by atoms with Crippen LogP contribution in [0.2, 0.25) is 0 Å². The van der Waals surface area contributed by atoms with E-state index in [4.69, 9.17) is 5.73 Å². The van der Waals surface area contributed by atoms with Gasteiger partial charge in [-0.1, -0.05) is 63.6 Å². The number of oxime groups is 1. The molecule has 0 saturated heterocycles. The predicted octanol–water partition coefficient (Wildman–Crippen LogP) is 4.03. The summed E-state index contributed by atoms with van der Waals surface area (Å²) >= 11 is 3.71. The van der Waals surface area contributed by atoms with Crippen LogP contribution in [0, 0.1) is 6.92 Å². The van der Waals surface area contributed by atoms with Gasteiger partial charge in [0.15, 0.2) is 0 Å². The Morgan fingerprint density at radius 1 is 1.32 bits per heavy atom. The number of halogens is 1. The van der Waals surface area contributed by atoms with Gasteiger partial charge in [0.2, 0.25) is 5.91 Å². The van der Waals surface area contributed by atoms with Crippen LogP contribution in [0.4, 0.5) is 0 Å². The van der Waals surface area contributed by atoms with Crippen molar-refractivity contribution in [3.63, 3.8) is 0 Å². The first-order valence-electron chi connectivity index (χ1n) is 10.0. The fourth-order valence-electron chi connectivity index (χ4n) is 3.77. The number of hydrogen-bond donors (Lipinski definition) is 2. The molecule has 1 aromatic carbocycles. The molecule has 0 fully saturated rings. The Hall–Kier alpha value is -2.93. The van der Waals surface area contributed by atoms with Crippen molar-refractivity contribution in [3.05, 3.63) is 93.4 Å². The molecule has 2 atom stereocenters. The average molecular weight is 484 g/mol. The predicted molar refractivity (Wildman–Crippen MR) is 126 cm³/mol. The van der Waals surface area contributed by atoms with Crippen LogP contribution in [-0.2, 0) is 11.3 Å². The number of aryl methyl sites for hydroxylation is 1. The first-order valence-corrected chi connectivity index (χ1v) is 10.8. The number of benzene rings is 1. The van der Waals surface area contributed by atoms with Crippen LogP contribution >= 0.6 is 15.9 Å². The van der Waals surface area contributed by atoms with Crippen LogP contribution < -0.4 is 11.3 Å². The second-order valence-corrected chi connectivity index (χ2v) is 9.84. The van der Waals surface area contributed by atoms with Gasteiger partial charge in [0.05, 0.1) is 5.71 Å². The zero-order valence-corrected chi connectivity index (χ0v) is 19.2. The minimum Gasteiger partial charge on any atom is -0.411 e. The van der Waals surface area contributed by atoms with Crippen molar-refractivity contribution in [2.24, 2.45) is 10.9 Å². The molecule has 2 unspecified atom stereocenters. The molecular weight excluding hydrogens is 458 g/mol. The number of nitrogens with zero attached hydrogens (tertiary/aromatic N) is 2. The van der Waals surface area contributed by atoms with E-state index < -0.39 is 5.91 Å². The summed E-state index contributed by atoms with van der Waals surface area (Å²) in [6.45, 7) is 3.94. The third kappa shape index (κ3) is 5.61. The average Bonchev–Trinajstić information content (AvgIpc) is 2.72. The lowest BCUT2D eigenvalue weighted by Gasteiger charge is -2.27. The van der Waals surface area contributed by atoms with Crippen molar-refractivity contribution < 1.29 is 10.0 Å². The molecule has 1 aliphatic carbocycles. The van der Waals surface area contributed by atoms with Crippen LogP contribution in [0.3, 0.4) is 0 Å². The zero-order chi connectivity index (χ0) is 22.6. The Morgan fingerprint density at radius 3 is 2.68 bits per heavy atom. The molecule has 0 aliphatic heterocycles. The lowest BCUT2D eigenvalue weighted by atomic mass is 9.80. The minimum absolute atomic E-state index is 0.0385. The van der Waals surface area contributed by atoms with E-state index in [2.05, 4.69) is 65.3 Å². The summed E-state index contributed by atoms with van der Waals surface area (Å²) in [5, 5.41) is 13.4. The van der Waals surface area contributed by atoms with E-state index in [9.17, 15) is 14.8 Å². The molecule has 31 heavy (non-hydrogen) atoms. The largest absolute Gasteiger partial charge is 0.411 e. The molecule has 162 valence electrons. The van der Waals surface area contributed by atoms with E-state index >= 15 is 0 Å². The molecule has 1 heterocycles. The van der Waals surface area contributed by atoms with Crippen LogP contribution in [0.5, 0.6) is 0 Å². The number of rotatable bonds is 7. The van der Waals surface area contributed by atoms with Crippen LogP contribution in [0.15, 0.2) is 76.3 Å². The zero-order valence-electron chi connectivity index (χ0n) is 17.6. The number of alkyl halides is 1. The Morgan fingerprint density at radius 2 is 2.06 bits per heavy atom. The van der Waals surface area contributed by atoms with Crippen LogP contribution in [0.25, 0.3) is 0 Å². The summed E-state index contributed by atoms with van der Waals surface area (Å²) in [5.74, 6) is -0.654. The molecule has 3 N–H and O–H groups in total. The number of hydrogen-bond acceptors (Lipinski definition) is 4. The topological polar surface area (TPSA) is 97.7 Å². The molecule has 6 nitrogen and oxygen atoms in total. The molecule has 2 aromatic rings. The molecule has 1 aromatic heterocycles. The van der Waals surface area contributed by atoms with Gasteiger partial charge in [0.1, 0.15) is 6.54 Å². The number of carbonyl (C=O) groups excluding carboxylic acids is 1. The number of amides is 1. The summed E-state index contributed by atoms with van der Waals surface area (Å²) in [4.78, 5) is 23.3. The first kappa shape index (κ1) is 22.7. The highest BCUT2D eigenvalue weighted by atomic mass is 79.9. The molecule has 0 bridgehead atoms. The number of allylic oxidation sites excluding steroid dienone is 4. The van der Waals surface area contributed by atoms with Crippen molar-refractivity contribution >= 4 is 27.5 Å². The van der Waals surface area contributed by atoms with Gasteiger partial charge in [-0.2, -0.15) is 0 Å². The van der Waals surface area contributed by atoms with Crippen molar-refractivity contribution in [2.45, 2.75) is 43.5 Å². The minimum atomic E-state index is -0.616. The third-order valence-electron chi connectivity index (χ3n) is 5.49.